The van der Waals surface area contributed by atoms with Crippen LogP contribution in [0.4, 0.5) is 5.69 Å². The van der Waals surface area contributed by atoms with Crippen LogP contribution in [0.25, 0.3) is 0 Å². The van der Waals surface area contributed by atoms with Gasteiger partial charge in [0.15, 0.2) is 0 Å². The molecular formula is C14H21N3O3S. The quantitative estimate of drug-likeness (QED) is 0.638. The Hall–Kier alpha value is -1.31. The number of benzene rings is 1. The summed E-state index contributed by atoms with van der Waals surface area (Å²) < 4.78 is 26.8. The molecule has 21 heavy (non-hydrogen) atoms. The number of phenols is 1. The van der Waals surface area contributed by atoms with Gasteiger partial charge in [0, 0.05) is 19.1 Å². The molecule has 0 aliphatic carbocycles. The normalized spacial score (nSPS) is 24.7. The number of nitrogens with two attached hydrogens (primary N) is 1. The Labute approximate surface area is 125 Å². The molecule has 3 N–H and O–H groups in total. The minimum atomic E-state index is -3.52. The molecule has 0 radical (unpaired) electrons. The van der Waals surface area contributed by atoms with E-state index < -0.39 is 10.0 Å². The summed E-state index contributed by atoms with van der Waals surface area (Å²) in [6, 6.07) is 4.39. The minimum absolute atomic E-state index is 0.0892. The van der Waals surface area contributed by atoms with E-state index in [4.69, 9.17) is 5.73 Å². The Morgan fingerprint density at radius 2 is 1.90 bits per heavy atom. The molecule has 7 heteroatoms. The summed E-state index contributed by atoms with van der Waals surface area (Å²) in [5.74, 6) is -0.0923. The molecule has 1 atom stereocenters. The van der Waals surface area contributed by atoms with E-state index in [1.165, 1.54) is 35.3 Å². The molecule has 2 saturated heterocycles. The maximum absolute atomic E-state index is 12.6. The summed E-state index contributed by atoms with van der Waals surface area (Å²) >= 11 is 0. The number of anilines is 1. The van der Waals surface area contributed by atoms with Gasteiger partial charge in [-0.15, -0.1) is 0 Å². The average Bonchev–Trinajstić information content (AvgIpc) is 3.11. The van der Waals surface area contributed by atoms with Gasteiger partial charge in [-0.1, -0.05) is 0 Å². The SMILES string of the molecule is Nc1cc(S(=O)(=O)N2CCC(N3CCCC3)C2)ccc1O. The van der Waals surface area contributed by atoms with E-state index in [2.05, 4.69) is 4.90 Å². The fourth-order valence-corrected chi connectivity index (χ4v) is 4.70. The molecule has 116 valence electrons. The summed E-state index contributed by atoms with van der Waals surface area (Å²) in [7, 11) is -3.52. The molecule has 1 unspecified atom stereocenters. The largest absolute Gasteiger partial charge is 0.506 e. The maximum atomic E-state index is 12.6. The van der Waals surface area contributed by atoms with Crippen molar-refractivity contribution in [3.63, 3.8) is 0 Å². The number of aromatic hydroxyl groups is 1. The Morgan fingerprint density at radius 1 is 1.19 bits per heavy atom. The Balaban J connectivity index is 1.77. The summed E-state index contributed by atoms with van der Waals surface area (Å²) in [5, 5.41) is 9.42. The van der Waals surface area contributed by atoms with Crippen molar-refractivity contribution >= 4 is 15.7 Å². The molecule has 0 amide bonds. The van der Waals surface area contributed by atoms with E-state index in [-0.39, 0.29) is 16.3 Å². The van der Waals surface area contributed by atoms with Gasteiger partial charge in [0.25, 0.3) is 0 Å². The van der Waals surface area contributed by atoms with Gasteiger partial charge in [-0.3, -0.25) is 4.90 Å². The molecule has 0 aromatic heterocycles. The highest BCUT2D eigenvalue weighted by Gasteiger charge is 2.36. The van der Waals surface area contributed by atoms with Crippen LogP contribution in [-0.2, 0) is 10.0 Å². The fourth-order valence-electron chi connectivity index (χ4n) is 3.18. The second kappa shape index (κ2) is 5.47. The van der Waals surface area contributed by atoms with E-state index in [0.717, 1.165) is 19.5 Å². The molecule has 2 fully saturated rings. The monoisotopic (exact) mass is 311 g/mol. The van der Waals surface area contributed by atoms with Crippen molar-refractivity contribution in [1.29, 1.82) is 0 Å². The van der Waals surface area contributed by atoms with Crippen LogP contribution < -0.4 is 5.73 Å². The molecule has 3 rings (SSSR count). The number of sulfonamides is 1. The van der Waals surface area contributed by atoms with Crippen LogP contribution in [0.1, 0.15) is 19.3 Å². The third-order valence-electron chi connectivity index (χ3n) is 4.42. The van der Waals surface area contributed by atoms with Gasteiger partial charge in [-0.2, -0.15) is 4.31 Å². The highest BCUT2D eigenvalue weighted by Crippen LogP contribution is 2.29. The van der Waals surface area contributed by atoms with Gasteiger partial charge in [-0.05, 0) is 50.6 Å². The van der Waals surface area contributed by atoms with Crippen LogP contribution in [0, 0.1) is 0 Å². The molecule has 0 bridgehead atoms. The lowest BCUT2D eigenvalue weighted by Crippen LogP contribution is -2.37. The van der Waals surface area contributed by atoms with Crippen molar-refractivity contribution in [2.24, 2.45) is 0 Å². The third kappa shape index (κ3) is 2.73. The van der Waals surface area contributed by atoms with Crippen LogP contribution in [-0.4, -0.2) is 55.0 Å². The van der Waals surface area contributed by atoms with Gasteiger partial charge in [-0.25, -0.2) is 8.42 Å². The van der Waals surface area contributed by atoms with Crippen LogP contribution in [0.15, 0.2) is 23.1 Å². The van der Waals surface area contributed by atoms with Crippen LogP contribution in [0.5, 0.6) is 5.75 Å². The minimum Gasteiger partial charge on any atom is -0.506 e. The zero-order valence-corrected chi connectivity index (χ0v) is 12.7. The molecule has 0 saturated carbocycles. The molecule has 0 spiro atoms. The van der Waals surface area contributed by atoms with E-state index >= 15 is 0 Å². The number of nitrogens with zero attached hydrogens (tertiary/aromatic N) is 2. The predicted molar refractivity (Wildman–Crippen MR) is 80.5 cm³/mol. The average molecular weight is 311 g/mol. The van der Waals surface area contributed by atoms with Crippen LogP contribution in [0.3, 0.4) is 0 Å². The molecule has 1 aromatic rings. The van der Waals surface area contributed by atoms with Crippen molar-refractivity contribution in [3.05, 3.63) is 18.2 Å². The summed E-state index contributed by atoms with van der Waals surface area (Å²) in [6.07, 6.45) is 3.29. The fraction of sp³-hybridized carbons (Fsp3) is 0.571. The summed E-state index contributed by atoms with van der Waals surface area (Å²) in [6.45, 7) is 3.24. The van der Waals surface area contributed by atoms with Gasteiger partial charge in [0.05, 0.1) is 10.6 Å². The summed E-state index contributed by atoms with van der Waals surface area (Å²) in [5.41, 5.74) is 5.69. The van der Waals surface area contributed by atoms with Crippen molar-refractivity contribution in [2.45, 2.75) is 30.2 Å². The molecule has 1 aromatic carbocycles. The van der Waals surface area contributed by atoms with E-state index in [9.17, 15) is 13.5 Å². The lowest BCUT2D eigenvalue weighted by atomic mass is 10.2. The van der Waals surface area contributed by atoms with Crippen molar-refractivity contribution in [2.75, 3.05) is 31.9 Å². The van der Waals surface area contributed by atoms with Gasteiger partial charge < -0.3 is 10.8 Å². The molecule has 6 nitrogen and oxygen atoms in total. The van der Waals surface area contributed by atoms with E-state index in [1.54, 1.807) is 0 Å². The van der Waals surface area contributed by atoms with Crippen molar-refractivity contribution in [3.8, 4) is 5.75 Å². The maximum Gasteiger partial charge on any atom is 0.243 e. The highest BCUT2D eigenvalue weighted by molar-refractivity contribution is 7.89. The second-order valence-corrected chi connectivity index (χ2v) is 7.71. The standard InChI is InChI=1S/C14H21N3O3S/c15-13-9-12(3-4-14(13)18)21(19,20)17-8-5-11(10-17)16-6-1-2-7-16/h3-4,9,11,18H,1-2,5-8,10,15H2. The molecule has 2 aliphatic heterocycles. The van der Waals surface area contributed by atoms with Gasteiger partial charge in [0.1, 0.15) is 5.75 Å². The zero-order chi connectivity index (χ0) is 15.0. The van der Waals surface area contributed by atoms with E-state index in [0.29, 0.717) is 19.1 Å². The van der Waals surface area contributed by atoms with Crippen LogP contribution >= 0.6 is 0 Å². The molecule has 2 heterocycles. The first-order valence-electron chi connectivity index (χ1n) is 7.31. The first-order chi connectivity index (χ1) is 9.98. The van der Waals surface area contributed by atoms with Crippen molar-refractivity contribution in [1.82, 2.24) is 9.21 Å². The number of rotatable bonds is 3. The van der Waals surface area contributed by atoms with Crippen LogP contribution in [0.2, 0.25) is 0 Å². The number of hydrogen-bond acceptors (Lipinski definition) is 5. The zero-order valence-electron chi connectivity index (χ0n) is 11.9. The lowest BCUT2D eigenvalue weighted by molar-refractivity contribution is 0.251. The topological polar surface area (TPSA) is 86.9 Å². The number of nitrogen functional groups attached to an aromatic ring is 1. The summed E-state index contributed by atoms with van der Waals surface area (Å²) in [4.78, 5) is 2.54. The Kier molecular flexibility index (Phi) is 3.81. The van der Waals surface area contributed by atoms with E-state index in [1.807, 2.05) is 0 Å². The smallest absolute Gasteiger partial charge is 0.243 e. The first-order valence-corrected chi connectivity index (χ1v) is 8.75. The molecular weight excluding hydrogens is 290 g/mol. The second-order valence-electron chi connectivity index (χ2n) is 5.77. The Morgan fingerprint density at radius 3 is 2.57 bits per heavy atom. The van der Waals surface area contributed by atoms with Gasteiger partial charge >= 0.3 is 0 Å². The Bertz CT molecular complexity index is 626. The highest BCUT2D eigenvalue weighted by atomic mass is 32.2. The lowest BCUT2D eigenvalue weighted by Gasteiger charge is -2.23. The van der Waals surface area contributed by atoms with Gasteiger partial charge in [0.2, 0.25) is 10.0 Å². The third-order valence-corrected chi connectivity index (χ3v) is 6.28. The molecule has 2 aliphatic rings. The first kappa shape index (κ1) is 14.6. The number of phenolic OH excluding ortho intramolecular Hbond substituents is 1. The number of likely N-dealkylation sites (tertiary alicyclic amines) is 1. The predicted octanol–water partition coefficient (Wildman–Crippen LogP) is 0.833. The van der Waals surface area contributed by atoms with Crippen molar-refractivity contribution < 1.29 is 13.5 Å². The number of hydrogen-bond donors (Lipinski definition) is 2.